The Morgan fingerprint density at radius 3 is 2.55 bits per heavy atom. The summed E-state index contributed by atoms with van der Waals surface area (Å²) in [4.78, 5) is 33.5. The second-order valence-corrected chi connectivity index (χ2v) is 7.45. The number of H-pyrrole nitrogens is 1. The molecule has 0 radical (unpaired) electrons. The molecule has 33 heavy (non-hydrogen) atoms. The molecule has 1 aliphatic rings. The van der Waals surface area contributed by atoms with E-state index in [1.807, 2.05) is 33.8 Å². The summed E-state index contributed by atoms with van der Waals surface area (Å²) in [5, 5.41) is 1.24. The fourth-order valence-electron chi connectivity index (χ4n) is 3.27. The van der Waals surface area contributed by atoms with Gasteiger partial charge in [-0.25, -0.2) is 9.78 Å². The Balaban J connectivity index is 0.000000354. The number of halogens is 1. The van der Waals surface area contributed by atoms with Crippen LogP contribution in [0.4, 0.5) is 10.7 Å². The molecule has 3 rings (SSSR count). The lowest BCUT2D eigenvalue weighted by Gasteiger charge is -2.20. The minimum atomic E-state index is -0.545. The molecule has 9 heteroatoms. The summed E-state index contributed by atoms with van der Waals surface area (Å²) in [6.45, 7) is 7.81. The second kappa shape index (κ2) is 15.1. The fourth-order valence-corrected chi connectivity index (χ4v) is 3.45. The molecular formula is C24H35ClN4O4. The van der Waals surface area contributed by atoms with E-state index in [2.05, 4.69) is 19.7 Å². The third-order valence-electron chi connectivity index (χ3n) is 4.80. The zero-order valence-corrected chi connectivity index (χ0v) is 20.9. The topological polar surface area (TPSA) is 120 Å². The fraction of sp³-hybridized carbons (Fsp3) is 0.500. The van der Waals surface area contributed by atoms with Crippen molar-refractivity contribution in [1.82, 2.24) is 15.0 Å². The zero-order chi connectivity index (χ0) is 24.8. The highest BCUT2D eigenvalue weighted by Crippen LogP contribution is 2.25. The average Bonchev–Trinajstić information content (AvgIpc) is 2.84. The zero-order valence-electron chi connectivity index (χ0n) is 20.1. The van der Waals surface area contributed by atoms with Gasteiger partial charge in [0.1, 0.15) is 11.8 Å². The molecule has 0 amide bonds. The lowest BCUT2D eigenvalue weighted by atomic mass is 9.98. The van der Waals surface area contributed by atoms with Gasteiger partial charge >= 0.3 is 6.16 Å². The molecule has 0 unspecified atom stereocenters. The normalized spacial score (nSPS) is 14.5. The summed E-state index contributed by atoms with van der Waals surface area (Å²) >= 11 is 6.18. The Labute approximate surface area is 200 Å². The van der Waals surface area contributed by atoms with Crippen molar-refractivity contribution in [2.75, 3.05) is 12.8 Å². The molecule has 0 spiro atoms. The quantitative estimate of drug-likeness (QED) is 0.410. The van der Waals surface area contributed by atoms with E-state index in [0.29, 0.717) is 27.2 Å². The van der Waals surface area contributed by atoms with Crippen molar-refractivity contribution in [3.63, 3.8) is 0 Å². The van der Waals surface area contributed by atoms with Crippen molar-refractivity contribution in [1.29, 1.82) is 0 Å². The molecule has 2 heterocycles. The van der Waals surface area contributed by atoms with Crippen LogP contribution in [0.5, 0.6) is 0 Å². The van der Waals surface area contributed by atoms with Crippen LogP contribution in [0.25, 0.3) is 16.6 Å². The highest BCUT2D eigenvalue weighted by Gasteiger charge is 2.17. The summed E-state index contributed by atoms with van der Waals surface area (Å²) in [6, 6.07) is 1.72. The second-order valence-electron chi connectivity index (χ2n) is 7.04. The van der Waals surface area contributed by atoms with Crippen LogP contribution in [0.15, 0.2) is 34.2 Å². The van der Waals surface area contributed by atoms with Crippen molar-refractivity contribution in [3.8, 4) is 0 Å². The molecule has 2 aromatic rings. The molecule has 1 aliphatic carbocycles. The maximum atomic E-state index is 12.2. The number of carbonyl (C=O) groups is 1. The molecule has 0 bridgehead atoms. The number of nitrogens with two attached hydrogens (primary N) is 1. The van der Waals surface area contributed by atoms with E-state index in [1.165, 1.54) is 26.4 Å². The van der Waals surface area contributed by atoms with Crippen LogP contribution in [-0.2, 0) is 9.47 Å². The number of nitrogens with one attached hydrogen (secondary N) is 1. The van der Waals surface area contributed by atoms with Crippen LogP contribution in [0, 0.1) is 0 Å². The number of nitrogen functional groups attached to an aromatic ring is 1. The molecule has 1 fully saturated rings. The van der Waals surface area contributed by atoms with Crippen LogP contribution in [0.3, 0.4) is 0 Å². The van der Waals surface area contributed by atoms with E-state index in [1.54, 1.807) is 18.3 Å². The van der Waals surface area contributed by atoms with Crippen LogP contribution in [-0.4, -0.2) is 34.3 Å². The lowest BCUT2D eigenvalue weighted by Crippen LogP contribution is -2.20. The van der Waals surface area contributed by atoms with Gasteiger partial charge in [-0.05, 0) is 45.1 Å². The molecule has 1 saturated carbocycles. The number of aromatic nitrogens is 3. The van der Waals surface area contributed by atoms with Gasteiger partial charge in [0.15, 0.2) is 0 Å². The van der Waals surface area contributed by atoms with E-state index in [0.717, 1.165) is 19.3 Å². The predicted octanol–water partition coefficient (Wildman–Crippen LogP) is 5.96. The summed E-state index contributed by atoms with van der Waals surface area (Å²) in [5.74, 6) is 0.122. The van der Waals surface area contributed by atoms with Gasteiger partial charge in [0, 0.05) is 27.8 Å². The number of fused-ring (bicyclic) bond motifs is 1. The Morgan fingerprint density at radius 2 is 1.97 bits per heavy atom. The minimum absolute atomic E-state index is 0.108. The number of methoxy groups -OCH3 is 1. The highest BCUT2D eigenvalue weighted by molar-refractivity contribution is 6.37. The molecule has 8 nitrogen and oxygen atoms in total. The van der Waals surface area contributed by atoms with Gasteiger partial charge in [0.2, 0.25) is 5.95 Å². The Hall–Kier alpha value is -2.87. The number of allylic oxidation sites excluding steroid dienone is 4. The van der Waals surface area contributed by atoms with Gasteiger partial charge in [-0.15, -0.1) is 0 Å². The number of ether oxygens (including phenoxy) is 2. The van der Waals surface area contributed by atoms with E-state index < -0.39 is 6.16 Å². The van der Waals surface area contributed by atoms with Crippen molar-refractivity contribution >= 4 is 40.3 Å². The first-order chi connectivity index (χ1) is 15.9. The van der Waals surface area contributed by atoms with Crippen molar-refractivity contribution < 1.29 is 14.3 Å². The van der Waals surface area contributed by atoms with E-state index in [9.17, 15) is 9.59 Å². The molecule has 2 aromatic heterocycles. The van der Waals surface area contributed by atoms with Crippen LogP contribution >= 0.6 is 11.6 Å². The number of rotatable bonds is 4. The number of aromatic amines is 1. The van der Waals surface area contributed by atoms with E-state index in [-0.39, 0.29) is 17.6 Å². The number of hydrogen-bond acceptors (Lipinski definition) is 7. The number of nitrogens with zero attached hydrogens (tertiary/aromatic N) is 2. The number of pyridine rings is 1. The summed E-state index contributed by atoms with van der Waals surface area (Å²) < 4.78 is 9.37. The third kappa shape index (κ3) is 8.88. The Morgan fingerprint density at radius 1 is 1.30 bits per heavy atom. The number of anilines is 1. The van der Waals surface area contributed by atoms with Crippen molar-refractivity contribution in [2.24, 2.45) is 0 Å². The van der Waals surface area contributed by atoms with E-state index >= 15 is 0 Å². The first kappa shape index (κ1) is 28.2. The molecule has 182 valence electrons. The van der Waals surface area contributed by atoms with Gasteiger partial charge in [0.25, 0.3) is 5.56 Å². The molecule has 0 saturated heterocycles. The first-order valence-electron chi connectivity index (χ1n) is 11.3. The Bertz CT molecular complexity index is 1010. The van der Waals surface area contributed by atoms with Gasteiger partial charge in [-0.2, -0.15) is 4.98 Å². The van der Waals surface area contributed by atoms with E-state index in [4.69, 9.17) is 22.1 Å². The van der Waals surface area contributed by atoms with Crippen molar-refractivity contribution in [2.45, 2.75) is 72.3 Å². The van der Waals surface area contributed by atoms with Gasteiger partial charge < -0.3 is 20.2 Å². The van der Waals surface area contributed by atoms with Crippen LogP contribution in [0.1, 0.15) is 71.8 Å². The standard InChI is InChI=1S/C14H15ClN4O.C8H14O3.C2H6/c1-3-5-9(11(15)4-2)10-6-8-7-17-14(16)19-12(8)18-13(10)20;1-10-8(9)11-7-5-3-2-4-6-7;1-2/h4-7H,3H2,1-2H3,(H3,16,17,18,19,20);7H,2-6H2,1H3;1-2H3/b9-5-,11-4+;;. The van der Waals surface area contributed by atoms with Crippen LogP contribution < -0.4 is 11.3 Å². The predicted molar refractivity (Wildman–Crippen MR) is 134 cm³/mol. The van der Waals surface area contributed by atoms with Gasteiger partial charge in [0.05, 0.1) is 7.11 Å². The SMILES string of the molecule is C/C=C(Cl)\C(=C/CC)c1cc2cnc(N)nc2[nH]c1=O.CC.COC(=O)OC1CCCCC1. The summed E-state index contributed by atoms with van der Waals surface area (Å²) in [5.41, 5.74) is 6.87. The first-order valence-corrected chi connectivity index (χ1v) is 11.7. The lowest BCUT2D eigenvalue weighted by molar-refractivity contribution is 0.0231. The van der Waals surface area contributed by atoms with Crippen LogP contribution in [0.2, 0.25) is 0 Å². The minimum Gasteiger partial charge on any atom is -0.438 e. The van der Waals surface area contributed by atoms with Gasteiger partial charge in [-0.3, -0.25) is 4.79 Å². The number of carbonyl (C=O) groups excluding carboxylic acids is 1. The molecule has 0 aromatic carbocycles. The summed E-state index contributed by atoms with van der Waals surface area (Å²) in [7, 11) is 1.34. The molecule has 0 atom stereocenters. The highest BCUT2D eigenvalue weighted by atomic mass is 35.5. The molecule has 0 aliphatic heterocycles. The molecule has 3 N–H and O–H groups in total. The third-order valence-corrected chi connectivity index (χ3v) is 5.22. The maximum Gasteiger partial charge on any atom is 0.508 e. The smallest absolute Gasteiger partial charge is 0.438 e. The maximum absolute atomic E-state index is 12.2. The van der Waals surface area contributed by atoms with Crippen molar-refractivity contribution in [3.05, 3.63) is 45.4 Å². The summed E-state index contributed by atoms with van der Waals surface area (Å²) in [6.07, 6.45) is 11.2. The van der Waals surface area contributed by atoms with Gasteiger partial charge in [-0.1, -0.05) is 50.9 Å². The monoisotopic (exact) mass is 478 g/mol. The average molecular weight is 479 g/mol. The number of hydrogen-bond donors (Lipinski definition) is 2. The Kier molecular flexibility index (Phi) is 12.8. The largest absolute Gasteiger partial charge is 0.508 e. The molecular weight excluding hydrogens is 444 g/mol.